The minimum absolute atomic E-state index is 0.447. The molecule has 0 amide bonds. The molecule has 6 nitrogen and oxygen atoms in total. The molecule has 2 aromatic heterocycles. The number of nitrogen functional groups attached to an aromatic ring is 2. The lowest BCUT2D eigenvalue weighted by atomic mass is 10.1. The van der Waals surface area contributed by atoms with Gasteiger partial charge in [0, 0.05) is 24.2 Å². The van der Waals surface area contributed by atoms with Gasteiger partial charge in [-0.25, -0.2) is 9.66 Å². The molecule has 0 aromatic carbocycles. The van der Waals surface area contributed by atoms with Gasteiger partial charge >= 0.3 is 0 Å². The molecule has 1 fully saturated rings. The van der Waals surface area contributed by atoms with Crippen LogP contribution in [0.5, 0.6) is 0 Å². The highest BCUT2D eigenvalue weighted by Gasteiger charge is 2.25. The minimum Gasteiger partial charge on any atom is -0.382 e. The fraction of sp³-hybridized carbons (Fsp3) is 0.538. The zero-order valence-corrected chi connectivity index (χ0v) is 11.2. The Morgan fingerprint density at radius 2 is 2.11 bits per heavy atom. The molecule has 2 heterocycles. The summed E-state index contributed by atoms with van der Waals surface area (Å²) in [6.07, 6.45) is 8.56. The van der Waals surface area contributed by atoms with Crippen LogP contribution in [-0.4, -0.2) is 19.4 Å². The van der Waals surface area contributed by atoms with E-state index in [2.05, 4.69) is 10.1 Å². The smallest absolute Gasteiger partial charge is 0.150 e. The minimum atomic E-state index is 0.447. The lowest BCUT2D eigenvalue weighted by Gasteiger charge is -2.08. The van der Waals surface area contributed by atoms with Gasteiger partial charge in [0.2, 0.25) is 0 Å². The van der Waals surface area contributed by atoms with Gasteiger partial charge in [-0.1, -0.05) is 12.8 Å². The highest BCUT2D eigenvalue weighted by Crippen LogP contribution is 2.36. The molecule has 0 unspecified atom stereocenters. The number of anilines is 1. The van der Waals surface area contributed by atoms with Crippen molar-refractivity contribution >= 4 is 5.82 Å². The summed E-state index contributed by atoms with van der Waals surface area (Å²) in [6, 6.07) is 0. The molecule has 0 spiro atoms. The summed E-state index contributed by atoms with van der Waals surface area (Å²) >= 11 is 0. The molecule has 19 heavy (non-hydrogen) atoms. The second-order valence-electron chi connectivity index (χ2n) is 5.14. The molecule has 6 heteroatoms. The highest BCUT2D eigenvalue weighted by atomic mass is 15.4. The predicted octanol–water partition coefficient (Wildman–Crippen LogP) is 1.72. The standard InChI is InChI=1S/C13H20N6/c1-2-18-8-10(7-16-18)11-12(14)19(15)13(17-11)9-5-3-4-6-9/h7-9H,2-6,14-15H2,1H3. The predicted molar refractivity (Wildman–Crippen MR) is 74.9 cm³/mol. The first-order chi connectivity index (χ1) is 9.20. The van der Waals surface area contributed by atoms with Crippen LogP contribution in [0.3, 0.4) is 0 Å². The Morgan fingerprint density at radius 3 is 2.74 bits per heavy atom. The summed E-state index contributed by atoms with van der Waals surface area (Å²) in [7, 11) is 0. The Kier molecular flexibility index (Phi) is 2.93. The first kappa shape index (κ1) is 12.1. The van der Waals surface area contributed by atoms with Crippen molar-refractivity contribution in [2.24, 2.45) is 0 Å². The van der Waals surface area contributed by atoms with E-state index in [-0.39, 0.29) is 0 Å². The van der Waals surface area contributed by atoms with Crippen LogP contribution >= 0.6 is 0 Å². The largest absolute Gasteiger partial charge is 0.382 e. The van der Waals surface area contributed by atoms with Crippen LogP contribution in [0.25, 0.3) is 11.3 Å². The van der Waals surface area contributed by atoms with Gasteiger partial charge in [0.15, 0.2) is 5.82 Å². The van der Waals surface area contributed by atoms with Crippen molar-refractivity contribution in [1.29, 1.82) is 0 Å². The highest BCUT2D eigenvalue weighted by molar-refractivity contribution is 5.70. The maximum Gasteiger partial charge on any atom is 0.150 e. The summed E-state index contributed by atoms with van der Waals surface area (Å²) < 4.78 is 3.41. The zero-order valence-electron chi connectivity index (χ0n) is 11.2. The van der Waals surface area contributed by atoms with Gasteiger partial charge in [-0.15, -0.1) is 0 Å². The van der Waals surface area contributed by atoms with Crippen molar-refractivity contribution in [2.75, 3.05) is 11.6 Å². The molecule has 4 N–H and O–H groups in total. The molecule has 0 saturated heterocycles. The van der Waals surface area contributed by atoms with Gasteiger partial charge < -0.3 is 11.6 Å². The number of nitrogens with zero attached hydrogens (tertiary/aromatic N) is 4. The number of nitrogens with two attached hydrogens (primary N) is 2. The van der Waals surface area contributed by atoms with Crippen LogP contribution in [0, 0.1) is 0 Å². The van der Waals surface area contributed by atoms with Crippen molar-refractivity contribution in [2.45, 2.75) is 45.1 Å². The number of aryl methyl sites for hydroxylation is 1. The Balaban J connectivity index is 1.99. The number of rotatable bonds is 3. The van der Waals surface area contributed by atoms with E-state index < -0.39 is 0 Å². The Morgan fingerprint density at radius 1 is 1.37 bits per heavy atom. The third-order valence-electron chi connectivity index (χ3n) is 3.93. The van der Waals surface area contributed by atoms with Crippen LogP contribution in [0.1, 0.15) is 44.3 Å². The molecule has 1 aliphatic rings. The third kappa shape index (κ3) is 1.97. The maximum absolute atomic E-state index is 6.09. The monoisotopic (exact) mass is 260 g/mol. The molecule has 0 atom stereocenters. The second kappa shape index (κ2) is 4.60. The van der Waals surface area contributed by atoms with Crippen LogP contribution < -0.4 is 11.6 Å². The lowest BCUT2D eigenvalue weighted by Crippen LogP contribution is -2.17. The summed E-state index contributed by atoms with van der Waals surface area (Å²) in [5.41, 5.74) is 7.78. The third-order valence-corrected chi connectivity index (χ3v) is 3.93. The molecule has 0 bridgehead atoms. The average Bonchev–Trinajstić information content (AvgIpc) is 3.12. The van der Waals surface area contributed by atoms with Gasteiger partial charge in [0.25, 0.3) is 0 Å². The summed E-state index contributed by atoms with van der Waals surface area (Å²) in [5.74, 6) is 7.95. The number of hydrogen-bond donors (Lipinski definition) is 2. The number of hydrogen-bond acceptors (Lipinski definition) is 4. The Labute approximate surface area is 112 Å². The van der Waals surface area contributed by atoms with Crippen LogP contribution in [0.4, 0.5) is 5.82 Å². The van der Waals surface area contributed by atoms with Crippen molar-refractivity contribution in [3.63, 3.8) is 0 Å². The van der Waals surface area contributed by atoms with E-state index in [9.17, 15) is 0 Å². The van der Waals surface area contributed by atoms with Crippen molar-refractivity contribution < 1.29 is 0 Å². The van der Waals surface area contributed by atoms with Crippen LogP contribution in [0.2, 0.25) is 0 Å². The van der Waals surface area contributed by atoms with Gasteiger partial charge in [-0.3, -0.25) is 4.68 Å². The average molecular weight is 260 g/mol. The normalized spacial score (nSPS) is 16.3. The van der Waals surface area contributed by atoms with Crippen LogP contribution in [0.15, 0.2) is 12.4 Å². The molecule has 2 aromatic rings. The summed E-state index contributed by atoms with van der Waals surface area (Å²) in [4.78, 5) is 4.67. The maximum atomic E-state index is 6.09. The van der Waals surface area contributed by atoms with E-state index in [4.69, 9.17) is 11.6 Å². The van der Waals surface area contributed by atoms with E-state index in [1.54, 1.807) is 10.9 Å². The van der Waals surface area contributed by atoms with Gasteiger partial charge in [0.1, 0.15) is 11.5 Å². The van der Waals surface area contributed by atoms with E-state index in [0.717, 1.165) is 36.5 Å². The molecule has 1 saturated carbocycles. The topological polar surface area (TPSA) is 87.7 Å². The van der Waals surface area contributed by atoms with E-state index in [0.29, 0.717) is 11.7 Å². The number of aromatic nitrogens is 4. The van der Waals surface area contributed by atoms with Crippen molar-refractivity contribution in [3.8, 4) is 11.3 Å². The summed E-state index contributed by atoms with van der Waals surface area (Å²) in [5, 5.41) is 4.26. The van der Waals surface area contributed by atoms with Gasteiger partial charge in [-0.05, 0) is 19.8 Å². The Bertz CT molecular complexity index is 576. The molecule has 0 aliphatic heterocycles. The molecule has 0 radical (unpaired) electrons. The zero-order chi connectivity index (χ0) is 13.4. The lowest BCUT2D eigenvalue weighted by molar-refractivity contribution is 0.648. The quantitative estimate of drug-likeness (QED) is 0.822. The molecule has 102 valence electrons. The van der Waals surface area contributed by atoms with Crippen molar-refractivity contribution in [1.82, 2.24) is 19.4 Å². The summed E-state index contributed by atoms with van der Waals surface area (Å²) in [6.45, 7) is 2.88. The molecule has 1 aliphatic carbocycles. The second-order valence-corrected chi connectivity index (χ2v) is 5.14. The molecule has 3 rings (SSSR count). The molecular weight excluding hydrogens is 240 g/mol. The van der Waals surface area contributed by atoms with E-state index in [1.165, 1.54) is 12.8 Å². The fourth-order valence-corrected chi connectivity index (χ4v) is 2.81. The first-order valence-electron chi connectivity index (χ1n) is 6.86. The molecular formula is C13H20N6. The van der Waals surface area contributed by atoms with E-state index in [1.807, 2.05) is 17.8 Å². The van der Waals surface area contributed by atoms with Gasteiger partial charge in [-0.2, -0.15) is 5.10 Å². The van der Waals surface area contributed by atoms with Crippen molar-refractivity contribution in [3.05, 3.63) is 18.2 Å². The van der Waals surface area contributed by atoms with Crippen LogP contribution in [-0.2, 0) is 6.54 Å². The van der Waals surface area contributed by atoms with E-state index >= 15 is 0 Å². The first-order valence-corrected chi connectivity index (χ1v) is 6.86. The SMILES string of the molecule is CCn1cc(-c2nc(C3CCCC3)n(N)c2N)cn1. The van der Waals surface area contributed by atoms with Gasteiger partial charge in [0.05, 0.1) is 6.20 Å². The number of imidazole rings is 1. The fourth-order valence-electron chi connectivity index (χ4n) is 2.81. The Hall–Kier alpha value is -1.98.